The van der Waals surface area contributed by atoms with Gasteiger partial charge in [-0.05, 0) is 30.7 Å². The highest BCUT2D eigenvalue weighted by molar-refractivity contribution is 5.74. The molecular weight excluding hydrogens is 242 g/mol. The number of benzene rings is 1. The summed E-state index contributed by atoms with van der Waals surface area (Å²) in [6, 6.07) is 6.01. The molecule has 0 saturated carbocycles. The van der Waals surface area contributed by atoms with Gasteiger partial charge in [0.2, 0.25) is 0 Å². The lowest BCUT2D eigenvalue weighted by molar-refractivity contribution is 0.108. The van der Waals surface area contributed by atoms with E-state index in [2.05, 4.69) is 28.7 Å². The van der Waals surface area contributed by atoms with Gasteiger partial charge in [-0.2, -0.15) is 0 Å². The number of hydrogen-bond donors (Lipinski definition) is 3. The standard InChI is InChI=1S/C14H21N3O2/c1-9(2)13(8-18)17(3)7-10-4-5-11-12(6-10)16-14(19)15-11/h4-6,9,13,18H,7-8H2,1-3H3,(H2,15,16,19). The van der Waals surface area contributed by atoms with Gasteiger partial charge in [0.15, 0.2) is 0 Å². The maximum absolute atomic E-state index is 11.2. The van der Waals surface area contributed by atoms with E-state index in [0.29, 0.717) is 5.92 Å². The van der Waals surface area contributed by atoms with Crippen molar-refractivity contribution in [3.8, 4) is 0 Å². The third kappa shape index (κ3) is 3.05. The summed E-state index contributed by atoms with van der Waals surface area (Å²) < 4.78 is 0. The fourth-order valence-corrected chi connectivity index (χ4v) is 2.44. The zero-order valence-corrected chi connectivity index (χ0v) is 11.6. The summed E-state index contributed by atoms with van der Waals surface area (Å²) in [5.41, 5.74) is 2.57. The minimum atomic E-state index is -0.184. The van der Waals surface area contributed by atoms with Crippen molar-refractivity contribution in [2.75, 3.05) is 13.7 Å². The number of nitrogens with zero attached hydrogens (tertiary/aromatic N) is 1. The summed E-state index contributed by atoms with van der Waals surface area (Å²) in [4.78, 5) is 18.8. The average molecular weight is 263 g/mol. The molecule has 0 bridgehead atoms. The van der Waals surface area contributed by atoms with E-state index in [0.717, 1.165) is 23.1 Å². The van der Waals surface area contributed by atoms with Crippen LogP contribution in [0.2, 0.25) is 0 Å². The molecule has 0 saturated heterocycles. The highest BCUT2D eigenvalue weighted by Gasteiger charge is 2.17. The molecule has 1 aromatic heterocycles. The molecule has 0 fully saturated rings. The van der Waals surface area contributed by atoms with E-state index in [4.69, 9.17) is 0 Å². The summed E-state index contributed by atoms with van der Waals surface area (Å²) in [5, 5.41) is 9.43. The zero-order chi connectivity index (χ0) is 14.0. The van der Waals surface area contributed by atoms with Gasteiger partial charge in [0.1, 0.15) is 0 Å². The second kappa shape index (κ2) is 5.59. The Balaban J connectivity index is 2.18. The van der Waals surface area contributed by atoms with Crippen molar-refractivity contribution >= 4 is 11.0 Å². The Morgan fingerprint density at radius 1 is 1.26 bits per heavy atom. The fraction of sp³-hybridized carbons (Fsp3) is 0.500. The minimum Gasteiger partial charge on any atom is -0.395 e. The Morgan fingerprint density at radius 3 is 2.58 bits per heavy atom. The van der Waals surface area contributed by atoms with Crippen LogP contribution in [0, 0.1) is 5.92 Å². The summed E-state index contributed by atoms with van der Waals surface area (Å²) in [5.74, 6) is 0.394. The van der Waals surface area contributed by atoms with Crippen LogP contribution in [0.5, 0.6) is 0 Å². The maximum Gasteiger partial charge on any atom is 0.323 e. The number of fused-ring (bicyclic) bond motifs is 1. The number of hydrogen-bond acceptors (Lipinski definition) is 3. The summed E-state index contributed by atoms with van der Waals surface area (Å²) >= 11 is 0. The van der Waals surface area contributed by atoms with E-state index in [-0.39, 0.29) is 18.3 Å². The topological polar surface area (TPSA) is 72.1 Å². The van der Waals surface area contributed by atoms with E-state index < -0.39 is 0 Å². The Bertz CT molecular complexity index is 600. The number of aromatic nitrogens is 2. The van der Waals surface area contributed by atoms with E-state index >= 15 is 0 Å². The molecule has 1 atom stereocenters. The van der Waals surface area contributed by atoms with E-state index in [9.17, 15) is 9.90 Å². The van der Waals surface area contributed by atoms with Crippen LogP contribution < -0.4 is 5.69 Å². The molecule has 104 valence electrons. The number of rotatable bonds is 5. The predicted molar refractivity (Wildman–Crippen MR) is 76.1 cm³/mol. The lowest BCUT2D eigenvalue weighted by Crippen LogP contribution is -2.38. The lowest BCUT2D eigenvalue weighted by Gasteiger charge is -2.29. The van der Waals surface area contributed by atoms with Gasteiger partial charge in [-0.3, -0.25) is 4.90 Å². The van der Waals surface area contributed by atoms with Gasteiger partial charge in [0.05, 0.1) is 17.6 Å². The molecule has 1 aromatic carbocycles. The number of aliphatic hydroxyl groups excluding tert-OH is 1. The Kier molecular flexibility index (Phi) is 4.07. The molecule has 0 aliphatic rings. The van der Waals surface area contributed by atoms with Crippen LogP contribution in [0.4, 0.5) is 0 Å². The number of H-pyrrole nitrogens is 2. The van der Waals surface area contributed by atoms with Gasteiger partial charge < -0.3 is 15.1 Å². The molecule has 1 heterocycles. The Morgan fingerprint density at radius 2 is 1.95 bits per heavy atom. The molecule has 0 amide bonds. The predicted octanol–water partition coefficient (Wildman–Crippen LogP) is 1.30. The highest BCUT2D eigenvalue weighted by atomic mass is 16.3. The van der Waals surface area contributed by atoms with Crippen molar-refractivity contribution < 1.29 is 5.11 Å². The van der Waals surface area contributed by atoms with E-state index in [1.54, 1.807) is 0 Å². The highest BCUT2D eigenvalue weighted by Crippen LogP contribution is 2.15. The first-order chi connectivity index (χ1) is 9.01. The second-order valence-corrected chi connectivity index (χ2v) is 5.37. The number of likely N-dealkylation sites (N-methyl/N-ethyl adjacent to an activating group) is 1. The molecular formula is C14H21N3O2. The van der Waals surface area contributed by atoms with E-state index in [1.165, 1.54) is 0 Å². The van der Waals surface area contributed by atoms with Crippen molar-refractivity contribution in [2.45, 2.75) is 26.4 Å². The van der Waals surface area contributed by atoms with Gasteiger partial charge in [-0.15, -0.1) is 0 Å². The lowest BCUT2D eigenvalue weighted by atomic mass is 10.0. The largest absolute Gasteiger partial charge is 0.395 e. The molecule has 3 N–H and O–H groups in total. The normalized spacial score (nSPS) is 13.6. The SMILES string of the molecule is CC(C)C(CO)N(C)Cc1ccc2[nH]c(=O)[nH]c2c1. The van der Waals surface area contributed by atoms with Crippen molar-refractivity contribution in [1.82, 2.24) is 14.9 Å². The van der Waals surface area contributed by atoms with Crippen LogP contribution in [0.1, 0.15) is 19.4 Å². The third-order valence-electron chi connectivity index (χ3n) is 3.54. The monoisotopic (exact) mass is 263 g/mol. The Hall–Kier alpha value is -1.59. The van der Waals surface area contributed by atoms with E-state index in [1.807, 2.05) is 25.2 Å². The molecule has 0 aliphatic heterocycles. The van der Waals surface area contributed by atoms with Crippen molar-refractivity contribution in [3.63, 3.8) is 0 Å². The molecule has 0 aliphatic carbocycles. The summed E-state index contributed by atoms with van der Waals surface area (Å²) in [6.07, 6.45) is 0. The number of imidazole rings is 1. The number of nitrogens with one attached hydrogen (secondary N) is 2. The van der Waals surface area contributed by atoms with Crippen LogP contribution in [0.25, 0.3) is 11.0 Å². The van der Waals surface area contributed by atoms with Gasteiger partial charge in [0.25, 0.3) is 0 Å². The minimum absolute atomic E-state index is 0.140. The van der Waals surface area contributed by atoms with Crippen LogP contribution in [0.15, 0.2) is 23.0 Å². The van der Waals surface area contributed by atoms with Crippen LogP contribution >= 0.6 is 0 Å². The van der Waals surface area contributed by atoms with Crippen molar-refractivity contribution in [3.05, 3.63) is 34.2 Å². The van der Waals surface area contributed by atoms with Crippen molar-refractivity contribution in [2.24, 2.45) is 5.92 Å². The van der Waals surface area contributed by atoms with Crippen molar-refractivity contribution in [1.29, 1.82) is 0 Å². The third-order valence-corrected chi connectivity index (χ3v) is 3.54. The maximum atomic E-state index is 11.2. The summed E-state index contributed by atoms with van der Waals surface area (Å²) in [7, 11) is 2.00. The first-order valence-corrected chi connectivity index (χ1v) is 6.53. The molecule has 0 spiro atoms. The number of aliphatic hydroxyl groups is 1. The molecule has 5 nitrogen and oxygen atoms in total. The van der Waals surface area contributed by atoms with Gasteiger partial charge in [-0.1, -0.05) is 19.9 Å². The molecule has 19 heavy (non-hydrogen) atoms. The van der Waals surface area contributed by atoms with Gasteiger partial charge >= 0.3 is 5.69 Å². The summed E-state index contributed by atoms with van der Waals surface area (Å²) in [6.45, 7) is 5.10. The van der Waals surface area contributed by atoms with Gasteiger partial charge in [0, 0.05) is 12.6 Å². The average Bonchev–Trinajstić information content (AvgIpc) is 2.68. The molecule has 0 radical (unpaired) electrons. The quantitative estimate of drug-likeness (QED) is 0.761. The van der Waals surface area contributed by atoms with Gasteiger partial charge in [-0.25, -0.2) is 4.79 Å². The smallest absolute Gasteiger partial charge is 0.323 e. The fourth-order valence-electron chi connectivity index (χ4n) is 2.44. The van der Waals surface area contributed by atoms with Crippen LogP contribution in [0.3, 0.4) is 0 Å². The molecule has 1 unspecified atom stereocenters. The first kappa shape index (κ1) is 13.8. The Labute approximate surface area is 112 Å². The molecule has 2 aromatic rings. The van der Waals surface area contributed by atoms with Crippen LogP contribution in [-0.4, -0.2) is 39.7 Å². The first-order valence-electron chi connectivity index (χ1n) is 6.53. The van der Waals surface area contributed by atoms with Crippen LogP contribution in [-0.2, 0) is 6.54 Å². The zero-order valence-electron chi connectivity index (χ0n) is 11.6. The second-order valence-electron chi connectivity index (χ2n) is 5.37. The number of aromatic amines is 2. The molecule has 2 rings (SSSR count). The molecule has 5 heteroatoms.